The van der Waals surface area contributed by atoms with E-state index in [-0.39, 0.29) is 18.4 Å². The maximum Gasteiger partial charge on any atom is 0.254 e. The first-order chi connectivity index (χ1) is 9.08. The van der Waals surface area contributed by atoms with Crippen LogP contribution in [0.15, 0.2) is 24.3 Å². The molecule has 0 unspecified atom stereocenters. The van der Waals surface area contributed by atoms with Crippen molar-refractivity contribution in [3.63, 3.8) is 0 Å². The van der Waals surface area contributed by atoms with Gasteiger partial charge in [0, 0.05) is 24.2 Å². The summed E-state index contributed by atoms with van der Waals surface area (Å²) >= 11 is 0. The largest absolute Gasteiger partial charge is 0.366 e. The first-order valence-electron chi connectivity index (χ1n) is 6.04. The van der Waals surface area contributed by atoms with Gasteiger partial charge in [0.1, 0.15) is 0 Å². The Morgan fingerprint density at radius 2 is 1.79 bits per heavy atom. The zero-order valence-corrected chi connectivity index (χ0v) is 10.4. The van der Waals surface area contributed by atoms with Crippen LogP contribution in [0.5, 0.6) is 0 Å². The van der Waals surface area contributed by atoms with Crippen molar-refractivity contribution < 1.29 is 14.4 Å². The van der Waals surface area contributed by atoms with E-state index >= 15 is 0 Å². The predicted molar refractivity (Wildman–Crippen MR) is 68.5 cm³/mol. The summed E-state index contributed by atoms with van der Waals surface area (Å²) < 4.78 is 0. The van der Waals surface area contributed by atoms with E-state index in [2.05, 4.69) is 5.32 Å². The van der Waals surface area contributed by atoms with E-state index in [1.807, 2.05) is 0 Å². The molecule has 0 atom stereocenters. The Labute approximate surface area is 110 Å². The van der Waals surface area contributed by atoms with Gasteiger partial charge in [-0.25, -0.2) is 0 Å². The Balaban J connectivity index is 2.14. The number of hydrogen-bond acceptors (Lipinski definition) is 3. The molecule has 6 heteroatoms. The molecule has 0 saturated carbocycles. The van der Waals surface area contributed by atoms with Gasteiger partial charge in [-0.3, -0.25) is 14.4 Å². The lowest BCUT2D eigenvalue weighted by molar-refractivity contribution is -0.121. The number of benzene rings is 1. The van der Waals surface area contributed by atoms with E-state index in [0.717, 1.165) is 6.42 Å². The van der Waals surface area contributed by atoms with Crippen LogP contribution in [0, 0.1) is 0 Å². The molecule has 0 radical (unpaired) electrons. The second-order valence-electron chi connectivity index (χ2n) is 4.37. The minimum absolute atomic E-state index is 0.0659. The maximum absolute atomic E-state index is 12.2. The lowest BCUT2D eigenvalue weighted by Gasteiger charge is -2.19. The molecule has 19 heavy (non-hydrogen) atoms. The van der Waals surface area contributed by atoms with Gasteiger partial charge in [-0.05, 0) is 30.7 Å². The molecular weight excluding hydrogens is 246 g/mol. The highest BCUT2D eigenvalue weighted by molar-refractivity contribution is 5.98. The van der Waals surface area contributed by atoms with Crippen LogP contribution in [0.2, 0.25) is 0 Å². The molecule has 3 N–H and O–H groups in total. The van der Waals surface area contributed by atoms with Crippen molar-refractivity contribution in [2.45, 2.75) is 6.42 Å². The van der Waals surface area contributed by atoms with Crippen LogP contribution in [0.1, 0.15) is 27.1 Å². The lowest BCUT2D eigenvalue weighted by Crippen LogP contribution is -2.37. The van der Waals surface area contributed by atoms with Crippen LogP contribution in [-0.2, 0) is 4.79 Å². The zero-order chi connectivity index (χ0) is 13.8. The van der Waals surface area contributed by atoms with Crippen molar-refractivity contribution >= 4 is 17.7 Å². The fourth-order valence-corrected chi connectivity index (χ4v) is 1.94. The van der Waals surface area contributed by atoms with Gasteiger partial charge in [0.15, 0.2) is 0 Å². The number of rotatable bonds is 2. The third-order valence-corrected chi connectivity index (χ3v) is 2.97. The number of primary amides is 1. The molecular formula is C13H15N3O3. The summed E-state index contributed by atoms with van der Waals surface area (Å²) in [7, 11) is 0. The molecule has 0 aromatic heterocycles. The molecule has 1 aliphatic rings. The fourth-order valence-electron chi connectivity index (χ4n) is 1.94. The van der Waals surface area contributed by atoms with Gasteiger partial charge in [-0.15, -0.1) is 0 Å². The van der Waals surface area contributed by atoms with Gasteiger partial charge in [-0.2, -0.15) is 0 Å². The average Bonchev–Trinajstić information content (AvgIpc) is 2.62. The highest BCUT2D eigenvalue weighted by atomic mass is 16.2. The number of nitrogens with zero attached hydrogens (tertiary/aromatic N) is 1. The first-order valence-corrected chi connectivity index (χ1v) is 6.04. The van der Waals surface area contributed by atoms with Crippen LogP contribution in [0.3, 0.4) is 0 Å². The van der Waals surface area contributed by atoms with Gasteiger partial charge in [0.05, 0.1) is 6.54 Å². The van der Waals surface area contributed by atoms with Gasteiger partial charge < -0.3 is 16.0 Å². The molecule has 1 aromatic carbocycles. The van der Waals surface area contributed by atoms with E-state index in [1.54, 1.807) is 12.1 Å². The average molecular weight is 261 g/mol. The number of carbonyl (C=O) groups excluding carboxylic acids is 3. The third kappa shape index (κ3) is 3.09. The van der Waals surface area contributed by atoms with Crippen molar-refractivity contribution in [2.75, 3.05) is 19.6 Å². The third-order valence-electron chi connectivity index (χ3n) is 2.97. The topological polar surface area (TPSA) is 92.5 Å². The molecule has 2 rings (SSSR count). The van der Waals surface area contributed by atoms with E-state index < -0.39 is 5.91 Å². The molecule has 0 bridgehead atoms. The van der Waals surface area contributed by atoms with E-state index in [1.165, 1.54) is 17.0 Å². The molecule has 1 fully saturated rings. The lowest BCUT2D eigenvalue weighted by atomic mass is 10.1. The molecule has 1 aromatic rings. The standard InChI is InChI=1S/C13H15N3O3/c14-12(18)9-2-4-10(5-3-9)13(19)16-7-1-6-15-11(17)8-16/h2-5H,1,6-8H2,(H2,14,18)(H,15,17). The molecule has 6 nitrogen and oxygen atoms in total. The second kappa shape index (κ2) is 5.51. The number of amides is 3. The molecule has 0 spiro atoms. The summed E-state index contributed by atoms with van der Waals surface area (Å²) in [5.74, 6) is -0.902. The summed E-state index contributed by atoms with van der Waals surface area (Å²) in [6.45, 7) is 1.19. The first kappa shape index (κ1) is 13.1. The normalized spacial score (nSPS) is 15.6. The maximum atomic E-state index is 12.2. The Kier molecular flexibility index (Phi) is 3.79. The van der Waals surface area contributed by atoms with Gasteiger partial charge in [-0.1, -0.05) is 0 Å². The molecule has 1 aliphatic heterocycles. The predicted octanol–water partition coefficient (Wildman–Crippen LogP) is -0.252. The molecule has 100 valence electrons. The van der Waals surface area contributed by atoms with Crippen LogP contribution in [-0.4, -0.2) is 42.3 Å². The highest BCUT2D eigenvalue weighted by Gasteiger charge is 2.20. The molecule has 1 heterocycles. The van der Waals surface area contributed by atoms with Crippen molar-refractivity contribution in [2.24, 2.45) is 5.73 Å². The summed E-state index contributed by atoms with van der Waals surface area (Å²) in [5, 5.41) is 2.71. The van der Waals surface area contributed by atoms with Crippen LogP contribution in [0.25, 0.3) is 0 Å². The Hall–Kier alpha value is -2.37. The van der Waals surface area contributed by atoms with E-state index in [4.69, 9.17) is 5.73 Å². The molecule has 3 amide bonds. The minimum Gasteiger partial charge on any atom is -0.366 e. The highest BCUT2D eigenvalue weighted by Crippen LogP contribution is 2.09. The Morgan fingerprint density at radius 1 is 1.16 bits per heavy atom. The number of nitrogens with two attached hydrogens (primary N) is 1. The fraction of sp³-hybridized carbons (Fsp3) is 0.308. The smallest absolute Gasteiger partial charge is 0.254 e. The Morgan fingerprint density at radius 3 is 2.42 bits per heavy atom. The number of nitrogens with one attached hydrogen (secondary N) is 1. The van der Waals surface area contributed by atoms with Crippen LogP contribution in [0.4, 0.5) is 0 Å². The van der Waals surface area contributed by atoms with Crippen molar-refractivity contribution in [1.29, 1.82) is 0 Å². The molecule has 0 aliphatic carbocycles. The summed E-state index contributed by atoms with van der Waals surface area (Å²) in [6.07, 6.45) is 0.733. The van der Waals surface area contributed by atoms with Crippen molar-refractivity contribution in [3.05, 3.63) is 35.4 Å². The van der Waals surface area contributed by atoms with Crippen LogP contribution >= 0.6 is 0 Å². The second-order valence-corrected chi connectivity index (χ2v) is 4.37. The SMILES string of the molecule is NC(=O)c1ccc(C(=O)N2CCCNC(=O)C2)cc1. The minimum atomic E-state index is -0.534. The van der Waals surface area contributed by atoms with Gasteiger partial charge in [0.25, 0.3) is 5.91 Å². The summed E-state index contributed by atoms with van der Waals surface area (Å²) in [6, 6.07) is 6.11. The number of carbonyl (C=O) groups is 3. The summed E-state index contributed by atoms with van der Waals surface area (Å²) in [4.78, 5) is 36.1. The zero-order valence-electron chi connectivity index (χ0n) is 10.4. The monoisotopic (exact) mass is 261 g/mol. The van der Waals surface area contributed by atoms with Crippen LogP contribution < -0.4 is 11.1 Å². The van der Waals surface area contributed by atoms with Gasteiger partial charge in [0.2, 0.25) is 11.8 Å². The Bertz CT molecular complexity index is 510. The van der Waals surface area contributed by atoms with E-state index in [9.17, 15) is 14.4 Å². The van der Waals surface area contributed by atoms with Gasteiger partial charge >= 0.3 is 0 Å². The van der Waals surface area contributed by atoms with E-state index in [0.29, 0.717) is 24.2 Å². The number of hydrogen-bond donors (Lipinski definition) is 2. The summed E-state index contributed by atoms with van der Waals surface area (Å²) in [5.41, 5.74) is 5.93. The quantitative estimate of drug-likeness (QED) is 0.768. The van der Waals surface area contributed by atoms with Crippen molar-refractivity contribution in [1.82, 2.24) is 10.2 Å². The van der Waals surface area contributed by atoms with Crippen molar-refractivity contribution in [3.8, 4) is 0 Å². The molecule has 1 saturated heterocycles.